The van der Waals surface area contributed by atoms with Crippen LogP contribution in [0.15, 0.2) is 36.4 Å². The second-order valence-electron chi connectivity index (χ2n) is 12.0. The van der Waals surface area contributed by atoms with Crippen LogP contribution in [0.3, 0.4) is 0 Å². The van der Waals surface area contributed by atoms with Crippen LogP contribution in [-0.2, 0) is 33.5 Å². The summed E-state index contributed by atoms with van der Waals surface area (Å²) in [5.41, 5.74) is 3.06. The molecule has 43 heavy (non-hydrogen) atoms. The van der Waals surface area contributed by atoms with Crippen LogP contribution in [0.1, 0.15) is 85.2 Å². The normalized spacial score (nSPS) is 27.9. The summed E-state index contributed by atoms with van der Waals surface area (Å²) >= 11 is 0. The van der Waals surface area contributed by atoms with Crippen molar-refractivity contribution in [2.24, 2.45) is 0 Å². The van der Waals surface area contributed by atoms with Gasteiger partial charge in [-0.05, 0) is 79.5 Å². The summed E-state index contributed by atoms with van der Waals surface area (Å²) in [6.45, 7) is 1.51. The first kappa shape index (κ1) is 29.9. The Hall–Kier alpha value is -3.12. The number of H-pyrrole nitrogens is 1. The van der Waals surface area contributed by atoms with E-state index in [1.807, 2.05) is 12.1 Å². The molecule has 1 unspecified atom stereocenters. The number of carbonyl (C=O) groups excluding carboxylic acids is 1. The smallest absolute Gasteiger partial charge is 0.416 e. The van der Waals surface area contributed by atoms with Gasteiger partial charge in [-0.15, -0.1) is 0 Å². The average Bonchev–Trinajstić information content (AvgIpc) is 3.72. The Morgan fingerprint density at radius 2 is 1.79 bits per heavy atom. The molecule has 6 atom stereocenters. The van der Waals surface area contributed by atoms with Crippen LogP contribution in [-0.4, -0.2) is 57.0 Å². The summed E-state index contributed by atoms with van der Waals surface area (Å²) in [6, 6.07) is 10.0. The Labute approximate surface area is 246 Å². The molecule has 2 aromatic carbocycles. The minimum absolute atomic E-state index is 0.0000431. The van der Waals surface area contributed by atoms with Crippen molar-refractivity contribution in [1.82, 2.24) is 4.98 Å². The number of hydrogen-bond acceptors (Lipinski definition) is 7. The van der Waals surface area contributed by atoms with Gasteiger partial charge in [0.25, 0.3) is 0 Å². The van der Waals surface area contributed by atoms with E-state index in [0.29, 0.717) is 29.7 Å². The van der Waals surface area contributed by atoms with Gasteiger partial charge in [0.05, 0.1) is 18.1 Å². The van der Waals surface area contributed by atoms with Crippen molar-refractivity contribution in [1.29, 1.82) is 0 Å². The molecule has 4 N–H and O–H groups in total. The summed E-state index contributed by atoms with van der Waals surface area (Å²) in [5, 5.41) is 30.9. The fraction of sp³-hybridized carbons (Fsp3) is 0.531. The number of nitrogens with one attached hydrogen (secondary N) is 1. The maximum absolute atomic E-state index is 13.9. The van der Waals surface area contributed by atoms with Gasteiger partial charge in [-0.1, -0.05) is 25.0 Å². The third kappa shape index (κ3) is 6.00. The molecule has 6 rings (SSSR count). The van der Waals surface area contributed by atoms with Gasteiger partial charge in [0.15, 0.2) is 0 Å². The Morgan fingerprint density at radius 1 is 1.02 bits per heavy atom. The number of alkyl halides is 3. The molecule has 1 aromatic heterocycles. The summed E-state index contributed by atoms with van der Waals surface area (Å²) in [5.74, 6) is -0.276. The number of aryl methyl sites for hydroxylation is 1. The fourth-order valence-electron chi connectivity index (χ4n) is 6.81. The number of aromatic amines is 1. The monoisotopic (exact) mass is 603 g/mol. The highest BCUT2D eigenvalue weighted by Gasteiger charge is 2.44. The maximum atomic E-state index is 13.9. The molecule has 2 fully saturated rings. The molecule has 3 aliphatic rings. The van der Waals surface area contributed by atoms with E-state index in [-0.39, 0.29) is 24.9 Å². The Kier molecular flexibility index (Phi) is 8.18. The number of hydrogen-bond donors (Lipinski definition) is 4. The predicted octanol–water partition coefficient (Wildman–Crippen LogP) is 5.21. The van der Waals surface area contributed by atoms with E-state index in [0.717, 1.165) is 47.8 Å². The van der Waals surface area contributed by atoms with Gasteiger partial charge in [0, 0.05) is 22.5 Å². The largest absolute Gasteiger partial charge is 0.489 e. The molecule has 0 radical (unpaired) electrons. The molecule has 1 saturated carbocycles. The van der Waals surface area contributed by atoms with Crippen molar-refractivity contribution < 1.29 is 47.5 Å². The number of ether oxygens (including phenoxy) is 3. The lowest BCUT2D eigenvalue weighted by atomic mass is 9.91. The number of halogens is 3. The SMILES string of the molecule is C[C@H]1OC(OC(=O)C[C@@H]2CCc3c2[nH]c2ccc(OCc4ccc(C5CCCC5)c(C(F)(F)F)c4)cc32)[C@H](O)[C@@H](O)[C@@H]1O. The van der Waals surface area contributed by atoms with Crippen molar-refractivity contribution in [3.05, 3.63) is 64.3 Å². The number of carbonyl (C=O) groups is 1. The second kappa shape index (κ2) is 11.8. The molecule has 2 aliphatic carbocycles. The topological polar surface area (TPSA) is 121 Å². The highest BCUT2D eigenvalue weighted by molar-refractivity contribution is 5.87. The van der Waals surface area contributed by atoms with E-state index < -0.39 is 48.4 Å². The molecule has 3 aromatic rings. The van der Waals surface area contributed by atoms with Crippen molar-refractivity contribution in [2.45, 2.75) is 107 Å². The molecular formula is C32H36F3NO7. The van der Waals surface area contributed by atoms with E-state index in [4.69, 9.17) is 14.2 Å². The van der Waals surface area contributed by atoms with E-state index in [2.05, 4.69) is 4.98 Å². The van der Waals surface area contributed by atoms with Crippen molar-refractivity contribution in [2.75, 3.05) is 0 Å². The zero-order valence-electron chi connectivity index (χ0n) is 23.8. The van der Waals surface area contributed by atoms with Gasteiger partial charge in [-0.3, -0.25) is 4.79 Å². The van der Waals surface area contributed by atoms with Gasteiger partial charge >= 0.3 is 12.1 Å². The average molecular weight is 604 g/mol. The molecule has 1 aliphatic heterocycles. The minimum atomic E-state index is -4.42. The van der Waals surface area contributed by atoms with Crippen molar-refractivity contribution in [3.63, 3.8) is 0 Å². The summed E-state index contributed by atoms with van der Waals surface area (Å²) in [4.78, 5) is 16.1. The van der Waals surface area contributed by atoms with E-state index in [1.54, 1.807) is 18.2 Å². The highest BCUT2D eigenvalue weighted by atomic mass is 19.4. The molecule has 1 saturated heterocycles. The van der Waals surface area contributed by atoms with Gasteiger partial charge in [0.1, 0.15) is 30.7 Å². The van der Waals surface area contributed by atoms with Gasteiger partial charge in [-0.2, -0.15) is 13.2 Å². The molecule has 0 amide bonds. The van der Waals surface area contributed by atoms with E-state index in [1.165, 1.54) is 13.0 Å². The molecule has 11 heteroatoms. The summed E-state index contributed by atoms with van der Waals surface area (Å²) in [6.07, 6.45) is -6.05. The van der Waals surface area contributed by atoms with Gasteiger partial charge in [0.2, 0.25) is 6.29 Å². The molecule has 0 bridgehead atoms. The zero-order valence-corrected chi connectivity index (χ0v) is 23.8. The number of aromatic nitrogens is 1. The molecule has 232 valence electrons. The lowest BCUT2D eigenvalue weighted by Crippen LogP contribution is -2.57. The van der Waals surface area contributed by atoms with Crippen molar-refractivity contribution in [3.8, 4) is 5.75 Å². The number of aliphatic hydroxyl groups excluding tert-OH is 3. The van der Waals surface area contributed by atoms with Crippen LogP contribution in [0.25, 0.3) is 10.9 Å². The number of esters is 1. The molecular weight excluding hydrogens is 567 g/mol. The third-order valence-electron chi connectivity index (χ3n) is 9.15. The number of fused-ring (bicyclic) bond motifs is 3. The summed E-state index contributed by atoms with van der Waals surface area (Å²) < 4.78 is 58.3. The Balaban J connectivity index is 1.12. The van der Waals surface area contributed by atoms with Gasteiger partial charge in [-0.25, -0.2) is 0 Å². The van der Waals surface area contributed by atoms with Crippen molar-refractivity contribution >= 4 is 16.9 Å². The first-order valence-corrected chi connectivity index (χ1v) is 14.9. The number of aliphatic hydroxyl groups is 3. The first-order valence-electron chi connectivity index (χ1n) is 14.9. The number of benzene rings is 2. The Bertz CT molecular complexity index is 1480. The van der Waals surface area contributed by atoms with E-state index >= 15 is 0 Å². The predicted molar refractivity (Wildman–Crippen MR) is 149 cm³/mol. The minimum Gasteiger partial charge on any atom is -0.489 e. The second-order valence-corrected chi connectivity index (χ2v) is 12.0. The van der Waals surface area contributed by atoms with Crippen LogP contribution in [0.5, 0.6) is 5.75 Å². The Morgan fingerprint density at radius 3 is 2.53 bits per heavy atom. The van der Waals surface area contributed by atoms with Gasteiger partial charge < -0.3 is 34.5 Å². The van der Waals surface area contributed by atoms with Crippen LogP contribution >= 0.6 is 0 Å². The van der Waals surface area contributed by atoms with Crippen LogP contribution < -0.4 is 4.74 Å². The molecule has 0 spiro atoms. The van der Waals surface area contributed by atoms with Crippen LogP contribution in [0, 0.1) is 0 Å². The highest BCUT2D eigenvalue weighted by Crippen LogP contribution is 2.43. The summed E-state index contributed by atoms with van der Waals surface area (Å²) in [7, 11) is 0. The van der Waals surface area contributed by atoms with Crippen LogP contribution in [0.2, 0.25) is 0 Å². The molecule has 2 heterocycles. The third-order valence-corrected chi connectivity index (χ3v) is 9.15. The zero-order chi connectivity index (χ0) is 30.5. The van der Waals surface area contributed by atoms with Crippen LogP contribution in [0.4, 0.5) is 13.2 Å². The lowest BCUT2D eigenvalue weighted by molar-refractivity contribution is -0.284. The number of rotatable bonds is 7. The quantitative estimate of drug-likeness (QED) is 0.274. The standard InChI is InChI=1S/C32H36F3NO7/c1-16-28(38)29(39)30(40)31(42-16)43-26(37)13-19-7-10-22-23-14-20(8-11-25(23)36-27(19)22)41-15-17-6-9-21(18-4-2-3-5-18)24(12-17)32(33,34)35/h6,8-9,11-12,14,16,18-19,28-31,36,38-40H,2-5,7,10,13,15H2,1H3/t16-,19+,28-,29+,30-,31?/m1/s1. The fourth-order valence-corrected chi connectivity index (χ4v) is 6.81. The maximum Gasteiger partial charge on any atom is 0.416 e. The van der Waals surface area contributed by atoms with E-state index in [9.17, 15) is 33.3 Å². The lowest BCUT2D eigenvalue weighted by Gasteiger charge is -2.38. The first-order chi connectivity index (χ1) is 20.5. The molecule has 8 nitrogen and oxygen atoms in total.